The highest BCUT2D eigenvalue weighted by Crippen LogP contribution is 2.46. The quantitative estimate of drug-likeness (QED) is 0.229. The maximum Gasteiger partial charge on any atom is 0.303 e. The summed E-state index contributed by atoms with van der Waals surface area (Å²) in [6, 6.07) is 4.56. The first-order valence-corrected chi connectivity index (χ1v) is 16.8. The van der Waals surface area contributed by atoms with Crippen molar-refractivity contribution in [2.45, 2.75) is 152 Å². The predicted octanol–water partition coefficient (Wildman–Crippen LogP) is 8.51. The Kier molecular flexibility index (Phi) is 10.00. The van der Waals surface area contributed by atoms with E-state index in [0.717, 1.165) is 62.5 Å². The average Bonchev–Trinajstić information content (AvgIpc) is 2.91. The molecular formula is C32H50O5S. The van der Waals surface area contributed by atoms with E-state index in [1.54, 1.807) is 0 Å². The molecule has 0 aliphatic heterocycles. The highest BCUT2D eigenvalue weighted by molar-refractivity contribution is 7.86. The Morgan fingerprint density at radius 2 is 1.24 bits per heavy atom. The second kappa shape index (κ2) is 12.8. The molecule has 3 fully saturated rings. The van der Waals surface area contributed by atoms with E-state index in [-0.39, 0.29) is 30.3 Å². The van der Waals surface area contributed by atoms with E-state index in [2.05, 4.69) is 12.1 Å². The van der Waals surface area contributed by atoms with Crippen LogP contribution in [-0.4, -0.2) is 26.6 Å². The van der Waals surface area contributed by atoms with Gasteiger partial charge in [0.25, 0.3) is 10.1 Å². The van der Waals surface area contributed by atoms with Crippen molar-refractivity contribution in [3.05, 3.63) is 28.8 Å². The fourth-order valence-corrected chi connectivity index (χ4v) is 8.54. The molecule has 0 amide bonds. The monoisotopic (exact) mass is 546 g/mol. The first kappa shape index (κ1) is 29.6. The van der Waals surface area contributed by atoms with Gasteiger partial charge in [-0.2, -0.15) is 8.42 Å². The summed E-state index contributed by atoms with van der Waals surface area (Å²) in [6.45, 7) is 6.88. The first-order valence-electron chi connectivity index (χ1n) is 15.3. The predicted molar refractivity (Wildman–Crippen MR) is 152 cm³/mol. The van der Waals surface area contributed by atoms with Gasteiger partial charge in [-0.1, -0.05) is 76.8 Å². The zero-order valence-electron chi connectivity index (χ0n) is 24.2. The summed E-state index contributed by atoms with van der Waals surface area (Å²) in [5, 5.41) is 0. The second-order valence-electron chi connectivity index (χ2n) is 12.9. The molecule has 0 bridgehead atoms. The molecule has 6 heteroatoms. The standard InChI is InChI=1S/C32H50O5S/c1-23(32(3,4)37-24(2)33)22-36-38(34,35)31-29(26-16-10-6-11-17-26)20-28(25-14-8-5-9-15-25)21-30(31)27-18-12-7-13-19-27/h20-21,23,25-27H,5-19,22H2,1-4H3. The molecular weight excluding hydrogens is 496 g/mol. The Hall–Kier alpha value is -1.40. The molecule has 1 atom stereocenters. The lowest BCUT2D eigenvalue weighted by Gasteiger charge is -2.33. The molecule has 214 valence electrons. The molecule has 3 aliphatic carbocycles. The summed E-state index contributed by atoms with van der Waals surface area (Å²) in [6.07, 6.45) is 17.6. The van der Waals surface area contributed by atoms with Crippen molar-refractivity contribution in [1.82, 2.24) is 0 Å². The normalized spacial score (nSPS) is 21.8. The lowest BCUT2D eigenvalue weighted by Crippen LogP contribution is -2.37. The molecule has 0 saturated heterocycles. The minimum atomic E-state index is -3.99. The highest BCUT2D eigenvalue weighted by Gasteiger charge is 2.36. The molecule has 0 heterocycles. The van der Waals surface area contributed by atoms with Crippen LogP contribution in [0.2, 0.25) is 0 Å². The van der Waals surface area contributed by atoms with Gasteiger partial charge in [-0.3, -0.25) is 8.98 Å². The second-order valence-corrected chi connectivity index (χ2v) is 14.4. The van der Waals surface area contributed by atoms with Crippen LogP contribution in [0, 0.1) is 5.92 Å². The number of carbonyl (C=O) groups excluding carboxylic acids is 1. The Morgan fingerprint density at radius 1 is 0.816 bits per heavy atom. The summed E-state index contributed by atoms with van der Waals surface area (Å²) in [7, 11) is -3.99. The maximum atomic E-state index is 14.2. The average molecular weight is 547 g/mol. The van der Waals surface area contributed by atoms with Crippen molar-refractivity contribution in [3.8, 4) is 0 Å². The van der Waals surface area contributed by atoms with Crippen LogP contribution >= 0.6 is 0 Å². The lowest BCUT2D eigenvalue weighted by atomic mass is 9.76. The van der Waals surface area contributed by atoms with Crippen LogP contribution in [0.15, 0.2) is 17.0 Å². The van der Waals surface area contributed by atoms with E-state index in [1.807, 2.05) is 20.8 Å². The van der Waals surface area contributed by atoms with E-state index in [1.165, 1.54) is 57.4 Å². The number of hydrogen-bond donors (Lipinski definition) is 0. The molecule has 1 aromatic rings. The van der Waals surface area contributed by atoms with Gasteiger partial charge in [0.05, 0.1) is 6.61 Å². The van der Waals surface area contributed by atoms with Gasteiger partial charge in [-0.15, -0.1) is 0 Å². The van der Waals surface area contributed by atoms with Crippen LogP contribution in [0.25, 0.3) is 0 Å². The SMILES string of the molecule is CC(=O)OC(C)(C)C(C)COS(=O)(=O)c1c(C2CCCCC2)cc(C2CCCCC2)cc1C1CCCCC1. The molecule has 0 N–H and O–H groups in total. The summed E-state index contributed by atoms with van der Waals surface area (Å²) >= 11 is 0. The third-order valence-electron chi connectivity index (χ3n) is 9.65. The molecule has 1 unspecified atom stereocenters. The minimum absolute atomic E-state index is 0.0127. The number of benzene rings is 1. The minimum Gasteiger partial charge on any atom is -0.459 e. The van der Waals surface area contributed by atoms with Gasteiger partial charge < -0.3 is 4.74 Å². The van der Waals surface area contributed by atoms with Crippen LogP contribution in [-0.2, 0) is 23.8 Å². The van der Waals surface area contributed by atoms with Crippen molar-refractivity contribution < 1.29 is 22.1 Å². The van der Waals surface area contributed by atoms with E-state index in [0.29, 0.717) is 10.8 Å². The summed E-state index contributed by atoms with van der Waals surface area (Å²) in [4.78, 5) is 12.1. The Morgan fingerprint density at radius 3 is 1.66 bits per heavy atom. The molecule has 0 spiro atoms. The highest BCUT2D eigenvalue weighted by atomic mass is 32.2. The van der Waals surface area contributed by atoms with E-state index in [9.17, 15) is 13.2 Å². The van der Waals surface area contributed by atoms with Gasteiger partial charge in [0.15, 0.2) is 0 Å². The molecule has 3 saturated carbocycles. The van der Waals surface area contributed by atoms with Crippen molar-refractivity contribution in [2.75, 3.05) is 6.61 Å². The molecule has 5 nitrogen and oxygen atoms in total. The fraction of sp³-hybridized carbons (Fsp3) is 0.781. The zero-order chi connectivity index (χ0) is 27.3. The third-order valence-corrected chi connectivity index (χ3v) is 11.1. The zero-order valence-corrected chi connectivity index (χ0v) is 25.0. The van der Waals surface area contributed by atoms with Gasteiger partial charge in [-0.25, -0.2) is 0 Å². The van der Waals surface area contributed by atoms with Crippen LogP contribution in [0.4, 0.5) is 0 Å². The van der Waals surface area contributed by atoms with E-state index in [4.69, 9.17) is 8.92 Å². The van der Waals surface area contributed by atoms with Gasteiger partial charge >= 0.3 is 5.97 Å². The van der Waals surface area contributed by atoms with Crippen LogP contribution in [0.5, 0.6) is 0 Å². The Balaban J connectivity index is 1.75. The van der Waals surface area contributed by atoms with Gasteiger partial charge in [0.2, 0.25) is 0 Å². The number of esters is 1. The van der Waals surface area contributed by atoms with Crippen molar-refractivity contribution in [3.63, 3.8) is 0 Å². The molecule has 0 aromatic heterocycles. The largest absolute Gasteiger partial charge is 0.459 e. The molecule has 4 rings (SSSR count). The van der Waals surface area contributed by atoms with Crippen molar-refractivity contribution in [1.29, 1.82) is 0 Å². The number of hydrogen-bond acceptors (Lipinski definition) is 5. The fourth-order valence-electron chi connectivity index (χ4n) is 7.01. The van der Waals surface area contributed by atoms with E-state index >= 15 is 0 Å². The molecule has 38 heavy (non-hydrogen) atoms. The number of ether oxygens (including phenoxy) is 1. The summed E-state index contributed by atoms with van der Waals surface area (Å²) < 4.78 is 39.7. The molecule has 3 aliphatic rings. The summed E-state index contributed by atoms with van der Waals surface area (Å²) in [5.74, 6) is 0.438. The van der Waals surface area contributed by atoms with Gasteiger partial charge in [0.1, 0.15) is 10.5 Å². The van der Waals surface area contributed by atoms with E-state index < -0.39 is 15.7 Å². The molecule has 1 aromatic carbocycles. The Labute approximate surface area is 231 Å². The van der Waals surface area contributed by atoms with Crippen LogP contribution in [0.1, 0.15) is 158 Å². The smallest absolute Gasteiger partial charge is 0.303 e. The maximum absolute atomic E-state index is 14.2. The first-order chi connectivity index (χ1) is 18.1. The number of carbonyl (C=O) groups is 1. The lowest BCUT2D eigenvalue weighted by molar-refractivity contribution is -0.159. The topological polar surface area (TPSA) is 69.7 Å². The third kappa shape index (κ3) is 7.21. The number of rotatable bonds is 9. The van der Waals surface area contributed by atoms with Crippen LogP contribution in [0.3, 0.4) is 0 Å². The summed E-state index contributed by atoms with van der Waals surface area (Å²) in [5.41, 5.74) is 2.61. The van der Waals surface area contributed by atoms with Crippen LogP contribution < -0.4 is 0 Å². The van der Waals surface area contributed by atoms with Gasteiger partial charge in [0, 0.05) is 12.8 Å². The Bertz CT molecular complexity index is 1000. The van der Waals surface area contributed by atoms with Crippen molar-refractivity contribution in [2.24, 2.45) is 5.92 Å². The van der Waals surface area contributed by atoms with Crippen molar-refractivity contribution >= 4 is 16.1 Å². The van der Waals surface area contributed by atoms with Gasteiger partial charge in [-0.05, 0) is 86.8 Å². The molecule has 0 radical (unpaired) electrons.